The van der Waals surface area contributed by atoms with Gasteiger partial charge in [-0.15, -0.1) is 9.46 Å². The summed E-state index contributed by atoms with van der Waals surface area (Å²) in [5.41, 5.74) is -1.11. The Bertz CT molecular complexity index is 2250. The molecule has 3 amide bonds. The molecule has 1 aromatic carbocycles. The molecular weight excluding hydrogens is 728 g/mol. The molecule has 2 atom stereocenters. The van der Waals surface area contributed by atoms with E-state index in [1.807, 2.05) is 0 Å². The Labute approximate surface area is 319 Å². The number of ketones is 2. The molecule has 2 aliphatic carbocycles. The monoisotopic (exact) mass is 770 g/mol. The SMILES string of the molecule is O=C(NCCCN(CCCCN(CCCNc1cccc2ccc(=O)n(O)c12)C(=O)c1cccc(=O)n1O)C(=O)C1=CC=CC(=O)C1O)C1=CC=CC(=O)C1O. The van der Waals surface area contributed by atoms with E-state index in [1.54, 1.807) is 24.3 Å². The third-order valence-electron chi connectivity index (χ3n) is 9.24. The Hall–Kier alpha value is -6.59. The van der Waals surface area contributed by atoms with Crippen LogP contribution >= 0.6 is 0 Å². The molecule has 0 bridgehead atoms. The number of fused-ring (bicyclic) bond motifs is 1. The van der Waals surface area contributed by atoms with Gasteiger partial charge in [0.25, 0.3) is 22.9 Å². The molecule has 0 saturated carbocycles. The average molecular weight is 771 g/mol. The van der Waals surface area contributed by atoms with E-state index in [0.29, 0.717) is 41.6 Å². The second-order valence-electron chi connectivity index (χ2n) is 13.0. The lowest BCUT2D eigenvalue weighted by Gasteiger charge is -2.27. The molecule has 17 heteroatoms. The van der Waals surface area contributed by atoms with Crippen LogP contribution in [0, 0.1) is 0 Å². The van der Waals surface area contributed by atoms with Gasteiger partial charge in [0.15, 0.2) is 11.6 Å². The number of allylic oxidation sites excluding steroid dienone is 4. The zero-order chi connectivity index (χ0) is 40.4. The number of aliphatic hydroxyl groups excluding tert-OH is 2. The summed E-state index contributed by atoms with van der Waals surface area (Å²) in [6, 6.07) is 11.8. The molecule has 17 nitrogen and oxygen atoms in total. The quantitative estimate of drug-likeness (QED) is 0.0815. The number of unbranched alkanes of at least 4 members (excludes halogenated alkanes) is 1. The molecule has 2 heterocycles. The van der Waals surface area contributed by atoms with Crippen LogP contribution < -0.4 is 21.8 Å². The van der Waals surface area contributed by atoms with Gasteiger partial charge in [0.05, 0.1) is 16.8 Å². The number of rotatable bonds is 17. The fourth-order valence-electron chi connectivity index (χ4n) is 6.26. The van der Waals surface area contributed by atoms with Crippen molar-refractivity contribution in [3.63, 3.8) is 0 Å². The van der Waals surface area contributed by atoms with Crippen molar-refractivity contribution in [2.75, 3.05) is 44.6 Å². The van der Waals surface area contributed by atoms with Gasteiger partial charge in [0.1, 0.15) is 23.4 Å². The predicted molar refractivity (Wildman–Crippen MR) is 202 cm³/mol. The van der Waals surface area contributed by atoms with Gasteiger partial charge in [-0.1, -0.05) is 42.5 Å². The number of carbonyl (C=O) groups excluding carboxylic acids is 5. The highest BCUT2D eigenvalue weighted by atomic mass is 16.5. The van der Waals surface area contributed by atoms with E-state index in [4.69, 9.17) is 0 Å². The van der Waals surface area contributed by atoms with Crippen molar-refractivity contribution in [2.45, 2.75) is 37.9 Å². The summed E-state index contributed by atoms with van der Waals surface area (Å²) in [5.74, 6) is -3.14. The second kappa shape index (κ2) is 18.6. The normalized spacial score (nSPS) is 16.3. The first kappa shape index (κ1) is 40.6. The number of hydrogen-bond acceptors (Lipinski definition) is 12. The van der Waals surface area contributed by atoms with Crippen LogP contribution in [-0.2, 0) is 19.2 Å². The first-order chi connectivity index (χ1) is 26.9. The van der Waals surface area contributed by atoms with Gasteiger partial charge in [-0.3, -0.25) is 33.6 Å². The number of para-hydroxylation sites is 1. The standard InChI is InChI=1S/C39H42N6O11/c46-30-14-4-10-26(35(30)50)37(52)41-20-8-23-42(38(53)27-11-5-15-31(47)36(27)51)21-1-2-22-43(39(54)29-13-6-16-32(48)44(29)55)24-7-19-40-28-12-3-9-25-17-18-33(49)45(56)34(25)28/h3-6,9-18,35-36,40,50-51,55-56H,1-2,7-8,19-24H2,(H,41,52). The third kappa shape index (κ3) is 9.55. The number of pyridine rings is 2. The fraction of sp³-hybridized carbons (Fsp3) is 0.308. The summed E-state index contributed by atoms with van der Waals surface area (Å²) >= 11 is 0. The van der Waals surface area contributed by atoms with Gasteiger partial charge >= 0.3 is 0 Å². The topological polar surface area (TPSA) is 241 Å². The fourth-order valence-corrected chi connectivity index (χ4v) is 6.26. The van der Waals surface area contributed by atoms with Gasteiger partial charge in [-0.05, 0) is 56.0 Å². The maximum Gasteiger partial charge on any atom is 0.283 e. The molecule has 0 spiro atoms. The van der Waals surface area contributed by atoms with E-state index in [2.05, 4.69) is 10.6 Å². The van der Waals surface area contributed by atoms with E-state index in [1.165, 1.54) is 52.3 Å². The van der Waals surface area contributed by atoms with Crippen molar-refractivity contribution in [3.8, 4) is 0 Å². The summed E-state index contributed by atoms with van der Waals surface area (Å²) in [6.45, 7) is 0.888. The zero-order valence-electron chi connectivity index (χ0n) is 30.2. The zero-order valence-corrected chi connectivity index (χ0v) is 30.2. The highest BCUT2D eigenvalue weighted by Gasteiger charge is 2.30. The Kier molecular flexibility index (Phi) is 13.5. The maximum absolute atomic E-state index is 13.6. The van der Waals surface area contributed by atoms with E-state index in [-0.39, 0.29) is 66.2 Å². The average Bonchev–Trinajstić information content (AvgIpc) is 3.18. The molecular formula is C39H42N6O11. The van der Waals surface area contributed by atoms with E-state index in [9.17, 15) is 54.2 Å². The number of amides is 3. The van der Waals surface area contributed by atoms with Gasteiger partial charge in [-0.25, -0.2) is 0 Å². The lowest BCUT2D eigenvalue weighted by molar-refractivity contribution is -0.131. The van der Waals surface area contributed by atoms with Crippen molar-refractivity contribution in [2.24, 2.45) is 0 Å². The molecule has 2 aliphatic rings. The molecule has 2 aromatic heterocycles. The van der Waals surface area contributed by atoms with Crippen molar-refractivity contribution in [1.82, 2.24) is 24.6 Å². The highest BCUT2D eigenvalue weighted by Crippen LogP contribution is 2.21. The van der Waals surface area contributed by atoms with Gasteiger partial charge in [0, 0.05) is 56.8 Å². The Morgan fingerprint density at radius 1 is 0.643 bits per heavy atom. The van der Waals surface area contributed by atoms with Crippen LogP contribution in [0.2, 0.25) is 0 Å². The smallest absolute Gasteiger partial charge is 0.283 e. The molecule has 56 heavy (non-hydrogen) atoms. The summed E-state index contributed by atoms with van der Waals surface area (Å²) in [6.07, 6.45) is 5.79. The summed E-state index contributed by atoms with van der Waals surface area (Å²) in [4.78, 5) is 90.7. The van der Waals surface area contributed by atoms with Crippen molar-refractivity contribution in [1.29, 1.82) is 0 Å². The summed E-state index contributed by atoms with van der Waals surface area (Å²) < 4.78 is 0.817. The number of nitrogens with zero attached hydrogens (tertiary/aromatic N) is 4. The minimum atomic E-state index is -1.65. The molecule has 0 aliphatic heterocycles. The molecule has 3 aromatic rings. The van der Waals surface area contributed by atoms with Crippen LogP contribution in [0.15, 0.2) is 106 Å². The van der Waals surface area contributed by atoms with E-state index in [0.717, 1.165) is 18.2 Å². The molecule has 294 valence electrons. The Morgan fingerprint density at radius 2 is 1.21 bits per heavy atom. The van der Waals surface area contributed by atoms with Crippen LogP contribution in [-0.4, -0.2) is 121 Å². The molecule has 0 radical (unpaired) electrons. The minimum absolute atomic E-state index is 0.0659. The second-order valence-corrected chi connectivity index (χ2v) is 13.0. The molecule has 0 fully saturated rings. The van der Waals surface area contributed by atoms with Crippen LogP contribution in [0.3, 0.4) is 0 Å². The Morgan fingerprint density at radius 3 is 1.91 bits per heavy atom. The van der Waals surface area contributed by atoms with Crippen molar-refractivity contribution < 1.29 is 44.6 Å². The molecule has 6 N–H and O–H groups in total. The van der Waals surface area contributed by atoms with E-state index >= 15 is 0 Å². The van der Waals surface area contributed by atoms with E-state index < -0.39 is 52.6 Å². The van der Waals surface area contributed by atoms with Crippen LogP contribution in [0.4, 0.5) is 5.69 Å². The maximum atomic E-state index is 13.6. The first-order valence-electron chi connectivity index (χ1n) is 18.0. The van der Waals surface area contributed by atoms with Crippen LogP contribution in [0.5, 0.6) is 0 Å². The third-order valence-corrected chi connectivity index (χ3v) is 9.24. The molecule has 2 unspecified atom stereocenters. The van der Waals surface area contributed by atoms with Crippen molar-refractivity contribution >= 4 is 45.9 Å². The van der Waals surface area contributed by atoms with Crippen LogP contribution in [0.1, 0.15) is 36.2 Å². The lowest BCUT2D eigenvalue weighted by atomic mass is 9.99. The van der Waals surface area contributed by atoms with Crippen molar-refractivity contribution in [3.05, 3.63) is 123 Å². The first-order valence-corrected chi connectivity index (χ1v) is 18.0. The number of benzene rings is 1. The molecule has 5 rings (SSSR count). The number of carbonyl (C=O) groups is 5. The van der Waals surface area contributed by atoms with Gasteiger partial charge in [-0.2, -0.15) is 0 Å². The lowest BCUT2D eigenvalue weighted by Crippen LogP contribution is -2.41. The number of hydrogen-bond donors (Lipinski definition) is 6. The molecule has 0 saturated heterocycles. The highest BCUT2D eigenvalue weighted by molar-refractivity contribution is 6.08. The van der Waals surface area contributed by atoms with Crippen LogP contribution in [0.25, 0.3) is 10.9 Å². The number of nitrogens with one attached hydrogen (secondary N) is 2. The summed E-state index contributed by atoms with van der Waals surface area (Å²) in [7, 11) is 0. The number of aliphatic hydroxyl groups is 2. The number of aromatic nitrogens is 2. The minimum Gasteiger partial charge on any atom is -0.425 e. The summed E-state index contributed by atoms with van der Waals surface area (Å²) in [5, 5.41) is 47.6. The largest absolute Gasteiger partial charge is 0.425 e. The Balaban J connectivity index is 1.23. The van der Waals surface area contributed by atoms with Gasteiger partial charge in [0.2, 0.25) is 5.91 Å². The predicted octanol–water partition coefficient (Wildman–Crippen LogP) is 0.550. The number of anilines is 1. The van der Waals surface area contributed by atoms with Gasteiger partial charge < -0.3 is 41.1 Å².